The second kappa shape index (κ2) is 8.64. The van der Waals surface area contributed by atoms with Gasteiger partial charge in [-0.05, 0) is 24.1 Å². The Kier molecular flexibility index (Phi) is 5.78. The summed E-state index contributed by atoms with van der Waals surface area (Å²) < 4.78 is 7.01. The predicted octanol–water partition coefficient (Wildman–Crippen LogP) is 3.98. The Morgan fingerprint density at radius 1 is 1.20 bits per heavy atom. The van der Waals surface area contributed by atoms with Crippen LogP contribution in [0.25, 0.3) is 5.69 Å². The summed E-state index contributed by atoms with van der Waals surface area (Å²) in [5, 5.41) is 18.2. The first-order valence-corrected chi connectivity index (χ1v) is 9.85. The van der Waals surface area contributed by atoms with E-state index in [-0.39, 0.29) is 22.7 Å². The number of aromatic nitrogens is 2. The largest absolute Gasteiger partial charge is 0.382 e. The number of rotatable bonds is 6. The van der Waals surface area contributed by atoms with Crippen LogP contribution in [0.3, 0.4) is 0 Å². The third kappa shape index (κ3) is 4.05. The molecule has 0 saturated carbocycles. The maximum Gasteiger partial charge on any atom is 0.292 e. The van der Waals surface area contributed by atoms with Crippen molar-refractivity contribution in [1.29, 1.82) is 0 Å². The van der Waals surface area contributed by atoms with Crippen LogP contribution in [-0.2, 0) is 4.74 Å². The molecule has 0 bridgehead atoms. The Morgan fingerprint density at radius 2 is 1.93 bits per heavy atom. The van der Waals surface area contributed by atoms with Gasteiger partial charge in [0.15, 0.2) is 0 Å². The van der Waals surface area contributed by atoms with E-state index in [2.05, 4.69) is 10.4 Å². The van der Waals surface area contributed by atoms with Gasteiger partial charge in [-0.1, -0.05) is 41.9 Å². The zero-order chi connectivity index (χ0) is 21.1. The summed E-state index contributed by atoms with van der Waals surface area (Å²) >= 11 is 6.29. The lowest BCUT2D eigenvalue weighted by Crippen LogP contribution is -2.24. The maximum atomic E-state index is 12.7. The Morgan fingerprint density at radius 3 is 2.63 bits per heavy atom. The van der Waals surface area contributed by atoms with Gasteiger partial charge >= 0.3 is 0 Å². The number of ether oxygens (including phenoxy) is 1. The summed E-state index contributed by atoms with van der Waals surface area (Å²) in [6.45, 7) is 1.27. The highest BCUT2D eigenvalue weighted by molar-refractivity contribution is 6.32. The van der Waals surface area contributed by atoms with Crippen LogP contribution in [0.4, 0.5) is 11.4 Å². The van der Waals surface area contributed by atoms with Gasteiger partial charge in [-0.15, -0.1) is 0 Å². The average Bonchev–Trinajstić information content (AvgIpc) is 3.24. The summed E-state index contributed by atoms with van der Waals surface area (Å²) in [7, 11) is 0. The number of hydrogen-bond acceptors (Lipinski definition) is 6. The van der Waals surface area contributed by atoms with Crippen LogP contribution < -0.4 is 10.9 Å². The van der Waals surface area contributed by atoms with Crippen LogP contribution >= 0.6 is 11.6 Å². The van der Waals surface area contributed by atoms with Crippen molar-refractivity contribution in [2.24, 2.45) is 5.92 Å². The zero-order valence-corrected chi connectivity index (χ0v) is 16.7. The molecule has 1 aliphatic rings. The van der Waals surface area contributed by atoms with Gasteiger partial charge in [0.1, 0.15) is 5.02 Å². The SMILES string of the molecule is O=c1c(Cl)c(NCC2CCOC2c2ccccc2)cnn1-c1ccc([N+](=O)[O-])cc1. The second-order valence-corrected chi connectivity index (χ2v) is 7.37. The number of anilines is 1. The first-order chi connectivity index (χ1) is 14.5. The molecule has 1 aliphatic heterocycles. The average molecular weight is 427 g/mol. The van der Waals surface area contributed by atoms with Crippen LogP contribution in [0.15, 0.2) is 65.6 Å². The molecule has 1 fully saturated rings. The van der Waals surface area contributed by atoms with Gasteiger partial charge in [0.2, 0.25) is 0 Å². The number of nitro benzene ring substituents is 1. The Balaban J connectivity index is 1.50. The van der Waals surface area contributed by atoms with Crippen LogP contribution in [-0.4, -0.2) is 27.9 Å². The summed E-state index contributed by atoms with van der Waals surface area (Å²) in [6.07, 6.45) is 2.38. The van der Waals surface area contributed by atoms with Crippen molar-refractivity contribution in [2.45, 2.75) is 12.5 Å². The highest BCUT2D eigenvalue weighted by atomic mass is 35.5. The first-order valence-electron chi connectivity index (χ1n) is 9.47. The molecular formula is C21H19ClN4O4. The number of non-ortho nitro benzene ring substituents is 1. The normalized spacial score (nSPS) is 18.3. The van der Waals surface area contributed by atoms with E-state index in [4.69, 9.17) is 16.3 Å². The van der Waals surface area contributed by atoms with Crippen LogP contribution in [0.1, 0.15) is 18.1 Å². The molecule has 1 N–H and O–H groups in total. The summed E-state index contributed by atoms with van der Waals surface area (Å²) in [5.74, 6) is 0.237. The lowest BCUT2D eigenvalue weighted by molar-refractivity contribution is -0.384. The standard InChI is InChI=1S/C21H19ClN4O4/c22-19-18(23-12-15-10-11-30-20(15)14-4-2-1-3-5-14)13-24-25(21(19)27)16-6-8-17(9-7-16)26(28)29/h1-9,13,15,20,23H,10-12H2. The van der Waals surface area contributed by atoms with Crippen molar-refractivity contribution in [3.05, 3.63) is 91.8 Å². The Bertz CT molecular complexity index is 1100. The minimum Gasteiger partial charge on any atom is -0.382 e. The maximum absolute atomic E-state index is 12.7. The highest BCUT2D eigenvalue weighted by Gasteiger charge is 2.29. The highest BCUT2D eigenvalue weighted by Crippen LogP contribution is 2.34. The minimum atomic E-state index is -0.505. The van der Waals surface area contributed by atoms with Crippen LogP contribution in [0.5, 0.6) is 0 Å². The molecule has 2 unspecified atom stereocenters. The summed E-state index contributed by atoms with van der Waals surface area (Å²) in [6, 6.07) is 15.6. The quantitative estimate of drug-likeness (QED) is 0.472. The molecule has 154 valence electrons. The molecule has 30 heavy (non-hydrogen) atoms. The van der Waals surface area contributed by atoms with Gasteiger partial charge < -0.3 is 10.1 Å². The van der Waals surface area contributed by atoms with Gasteiger partial charge in [-0.3, -0.25) is 14.9 Å². The van der Waals surface area contributed by atoms with E-state index in [1.807, 2.05) is 30.3 Å². The molecule has 4 rings (SSSR count). The fraction of sp³-hybridized carbons (Fsp3) is 0.238. The van der Waals surface area contributed by atoms with Crippen LogP contribution in [0, 0.1) is 16.0 Å². The van der Waals surface area contributed by atoms with Crippen molar-refractivity contribution in [3.63, 3.8) is 0 Å². The number of nitrogens with one attached hydrogen (secondary N) is 1. The summed E-state index contributed by atoms with van der Waals surface area (Å²) in [5.41, 5.74) is 1.39. The van der Waals surface area contributed by atoms with E-state index in [0.717, 1.165) is 16.7 Å². The van der Waals surface area contributed by atoms with Crippen LogP contribution in [0.2, 0.25) is 5.02 Å². The van der Waals surface area contributed by atoms with Crippen molar-refractivity contribution in [3.8, 4) is 5.69 Å². The molecule has 8 nitrogen and oxygen atoms in total. The summed E-state index contributed by atoms with van der Waals surface area (Å²) in [4.78, 5) is 22.9. The molecule has 1 aromatic heterocycles. The number of halogens is 1. The van der Waals surface area contributed by atoms with E-state index in [0.29, 0.717) is 24.5 Å². The van der Waals surface area contributed by atoms with E-state index >= 15 is 0 Å². The van der Waals surface area contributed by atoms with E-state index < -0.39 is 10.5 Å². The number of nitro groups is 1. The molecule has 0 spiro atoms. The third-order valence-electron chi connectivity index (χ3n) is 5.12. The zero-order valence-electron chi connectivity index (χ0n) is 15.9. The molecular weight excluding hydrogens is 408 g/mol. The van der Waals surface area contributed by atoms with E-state index in [9.17, 15) is 14.9 Å². The van der Waals surface area contributed by atoms with Crippen molar-refractivity contribution >= 4 is 23.0 Å². The van der Waals surface area contributed by atoms with E-state index in [1.54, 1.807) is 0 Å². The smallest absolute Gasteiger partial charge is 0.292 e. The molecule has 1 saturated heterocycles. The minimum absolute atomic E-state index is 0.00841. The van der Waals surface area contributed by atoms with Gasteiger partial charge in [-0.2, -0.15) is 9.78 Å². The molecule has 2 aromatic carbocycles. The lowest BCUT2D eigenvalue weighted by Gasteiger charge is -2.20. The molecule has 9 heteroatoms. The molecule has 2 atom stereocenters. The second-order valence-electron chi connectivity index (χ2n) is 6.99. The number of hydrogen-bond donors (Lipinski definition) is 1. The van der Waals surface area contributed by atoms with Gasteiger partial charge in [-0.25, -0.2) is 0 Å². The molecule has 0 amide bonds. The van der Waals surface area contributed by atoms with Crippen molar-refractivity contribution in [2.75, 3.05) is 18.5 Å². The van der Waals surface area contributed by atoms with Gasteiger partial charge in [0.05, 0.1) is 28.6 Å². The first kappa shape index (κ1) is 20.1. The molecule has 0 aliphatic carbocycles. The monoisotopic (exact) mass is 426 g/mol. The van der Waals surface area contributed by atoms with Crippen molar-refractivity contribution in [1.82, 2.24) is 9.78 Å². The van der Waals surface area contributed by atoms with Gasteiger partial charge in [0, 0.05) is 31.2 Å². The van der Waals surface area contributed by atoms with E-state index in [1.165, 1.54) is 30.5 Å². The molecule has 0 radical (unpaired) electrons. The third-order valence-corrected chi connectivity index (χ3v) is 5.49. The van der Waals surface area contributed by atoms with Crippen molar-refractivity contribution < 1.29 is 9.66 Å². The van der Waals surface area contributed by atoms with Gasteiger partial charge in [0.25, 0.3) is 11.2 Å². The number of nitrogens with zero attached hydrogens (tertiary/aromatic N) is 3. The Hall–Kier alpha value is -3.23. The topological polar surface area (TPSA) is 99.3 Å². The molecule has 3 aromatic rings. The predicted molar refractivity (Wildman–Crippen MR) is 113 cm³/mol. The fourth-order valence-corrected chi connectivity index (χ4v) is 3.75. The molecule has 2 heterocycles. The lowest BCUT2D eigenvalue weighted by atomic mass is 9.95. The number of benzene rings is 2. The Labute approximate surface area is 177 Å². The fourth-order valence-electron chi connectivity index (χ4n) is 3.55.